The molecule has 16 heavy (non-hydrogen) atoms. The van der Waals surface area contributed by atoms with Gasteiger partial charge in [0.05, 0.1) is 12.8 Å². The van der Waals surface area contributed by atoms with E-state index in [0.717, 1.165) is 18.8 Å². The smallest absolute Gasteiger partial charge is 0.322 e. The summed E-state index contributed by atoms with van der Waals surface area (Å²) in [5, 5.41) is 9.16. The molecule has 1 aliphatic rings. The number of carbonyl (C=O) groups is 1. The average molecular weight is 224 g/mol. The lowest BCUT2D eigenvalue weighted by Gasteiger charge is -2.37. The maximum atomic E-state index is 11.1. The van der Waals surface area contributed by atoms with Gasteiger partial charge in [0.25, 0.3) is 0 Å². The van der Waals surface area contributed by atoms with Crippen LogP contribution in [0.15, 0.2) is 22.8 Å². The third kappa shape index (κ3) is 2.43. The Morgan fingerprint density at radius 1 is 1.62 bits per heavy atom. The molecule has 88 valence electrons. The Bertz CT molecular complexity index is 350. The van der Waals surface area contributed by atoms with E-state index in [1.54, 1.807) is 6.26 Å². The van der Waals surface area contributed by atoms with Crippen LogP contribution in [0.4, 0.5) is 0 Å². The third-order valence-electron chi connectivity index (χ3n) is 2.92. The molecule has 0 saturated carbocycles. The molecule has 1 aromatic heterocycles. The van der Waals surface area contributed by atoms with E-state index in [-0.39, 0.29) is 0 Å². The minimum absolute atomic E-state index is 0.441. The fourth-order valence-corrected chi connectivity index (χ4v) is 1.98. The van der Waals surface area contributed by atoms with Crippen LogP contribution < -0.4 is 0 Å². The summed E-state index contributed by atoms with van der Waals surface area (Å²) >= 11 is 0. The van der Waals surface area contributed by atoms with Crippen molar-refractivity contribution in [3.63, 3.8) is 0 Å². The summed E-state index contributed by atoms with van der Waals surface area (Å²) in [6.45, 7) is 2.78. The van der Waals surface area contributed by atoms with Crippen LogP contribution in [0.5, 0.6) is 0 Å². The lowest BCUT2D eigenvalue weighted by molar-refractivity contribution is -0.146. The Kier molecular flexibility index (Phi) is 3.26. The number of rotatable bonds is 3. The van der Waals surface area contributed by atoms with Crippen molar-refractivity contribution in [1.82, 2.24) is 9.80 Å². The topological polar surface area (TPSA) is 56.9 Å². The molecule has 1 aliphatic heterocycles. The van der Waals surface area contributed by atoms with Gasteiger partial charge in [-0.1, -0.05) is 0 Å². The first kappa shape index (κ1) is 11.2. The van der Waals surface area contributed by atoms with Crippen LogP contribution in [0.1, 0.15) is 5.76 Å². The second-order valence-corrected chi connectivity index (χ2v) is 4.17. The van der Waals surface area contributed by atoms with E-state index in [4.69, 9.17) is 9.52 Å². The number of carboxylic acids is 1. The number of piperazine rings is 1. The Hall–Kier alpha value is -1.33. The summed E-state index contributed by atoms with van der Waals surface area (Å²) in [6.07, 6.45) is 1.61. The van der Waals surface area contributed by atoms with Gasteiger partial charge in [0.1, 0.15) is 11.8 Å². The molecule has 5 heteroatoms. The van der Waals surface area contributed by atoms with Crippen molar-refractivity contribution >= 4 is 5.97 Å². The van der Waals surface area contributed by atoms with Crippen LogP contribution in [0, 0.1) is 0 Å². The van der Waals surface area contributed by atoms with Crippen molar-refractivity contribution in [3.8, 4) is 0 Å². The zero-order valence-corrected chi connectivity index (χ0v) is 9.30. The highest BCUT2D eigenvalue weighted by Gasteiger charge is 2.31. The SMILES string of the molecule is CN1CCN(Cc2ccco2)C(C(=O)O)C1. The molecule has 0 spiro atoms. The molecule has 5 nitrogen and oxygen atoms in total. The summed E-state index contributed by atoms with van der Waals surface area (Å²) in [5.74, 6) is 0.0499. The fraction of sp³-hybridized carbons (Fsp3) is 0.545. The van der Waals surface area contributed by atoms with Crippen LogP contribution in [0.2, 0.25) is 0 Å². The van der Waals surface area contributed by atoms with Gasteiger partial charge in [-0.2, -0.15) is 0 Å². The second kappa shape index (κ2) is 4.67. The van der Waals surface area contributed by atoms with Crippen molar-refractivity contribution in [3.05, 3.63) is 24.2 Å². The number of furan rings is 1. The van der Waals surface area contributed by atoms with Gasteiger partial charge in [-0.05, 0) is 19.2 Å². The van der Waals surface area contributed by atoms with E-state index in [2.05, 4.69) is 0 Å². The Morgan fingerprint density at radius 3 is 3.06 bits per heavy atom. The maximum Gasteiger partial charge on any atom is 0.322 e. The molecule has 0 radical (unpaired) electrons. The van der Waals surface area contributed by atoms with Crippen LogP contribution in [0.3, 0.4) is 0 Å². The first-order valence-electron chi connectivity index (χ1n) is 5.34. The molecule has 0 amide bonds. The van der Waals surface area contributed by atoms with Crippen LogP contribution in [-0.4, -0.2) is 53.6 Å². The van der Waals surface area contributed by atoms with Gasteiger partial charge in [0.2, 0.25) is 0 Å². The molecular weight excluding hydrogens is 208 g/mol. The van der Waals surface area contributed by atoms with Crippen molar-refractivity contribution in [2.24, 2.45) is 0 Å². The molecule has 1 aromatic rings. The highest BCUT2D eigenvalue weighted by Crippen LogP contribution is 2.13. The molecule has 0 aromatic carbocycles. The van der Waals surface area contributed by atoms with Crippen LogP contribution >= 0.6 is 0 Å². The maximum absolute atomic E-state index is 11.1. The first-order valence-corrected chi connectivity index (χ1v) is 5.34. The molecule has 1 unspecified atom stereocenters. The molecule has 2 heterocycles. The molecule has 1 fully saturated rings. The molecule has 0 aliphatic carbocycles. The zero-order valence-electron chi connectivity index (χ0n) is 9.30. The summed E-state index contributed by atoms with van der Waals surface area (Å²) in [5.41, 5.74) is 0. The third-order valence-corrected chi connectivity index (χ3v) is 2.92. The van der Waals surface area contributed by atoms with Gasteiger partial charge in [-0.15, -0.1) is 0 Å². The Morgan fingerprint density at radius 2 is 2.44 bits per heavy atom. The van der Waals surface area contributed by atoms with E-state index in [1.165, 1.54) is 0 Å². The largest absolute Gasteiger partial charge is 0.480 e. The minimum Gasteiger partial charge on any atom is -0.480 e. The molecule has 1 atom stereocenters. The minimum atomic E-state index is -0.766. The van der Waals surface area contributed by atoms with Crippen molar-refractivity contribution in [2.75, 3.05) is 26.7 Å². The van der Waals surface area contributed by atoms with E-state index < -0.39 is 12.0 Å². The average Bonchev–Trinajstić information content (AvgIpc) is 2.73. The van der Waals surface area contributed by atoms with Crippen LogP contribution in [0.25, 0.3) is 0 Å². The molecule has 2 rings (SSSR count). The van der Waals surface area contributed by atoms with Gasteiger partial charge < -0.3 is 14.4 Å². The van der Waals surface area contributed by atoms with E-state index in [1.807, 2.05) is 29.0 Å². The Balaban J connectivity index is 2.04. The zero-order chi connectivity index (χ0) is 11.5. The normalized spacial score (nSPS) is 23.4. The predicted octanol–water partition coefficient (Wildman–Crippen LogP) is 0.480. The molecular formula is C11H16N2O3. The van der Waals surface area contributed by atoms with Gasteiger partial charge >= 0.3 is 5.97 Å². The Labute approximate surface area is 94.2 Å². The van der Waals surface area contributed by atoms with Gasteiger partial charge in [0.15, 0.2) is 0 Å². The highest BCUT2D eigenvalue weighted by atomic mass is 16.4. The van der Waals surface area contributed by atoms with Gasteiger partial charge in [0, 0.05) is 19.6 Å². The van der Waals surface area contributed by atoms with E-state index in [0.29, 0.717) is 13.1 Å². The molecule has 1 N–H and O–H groups in total. The second-order valence-electron chi connectivity index (χ2n) is 4.17. The number of likely N-dealkylation sites (N-methyl/N-ethyl adjacent to an activating group) is 1. The summed E-state index contributed by atoms with van der Waals surface area (Å²) < 4.78 is 5.24. The lowest BCUT2D eigenvalue weighted by Crippen LogP contribution is -2.54. The fourth-order valence-electron chi connectivity index (χ4n) is 1.98. The predicted molar refractivity (Wildman–Crippen MR) is 58.0 cm³/mol. The summed E-state index contributed by atoms with van der Waals surface area (Å²) in [4.78, 5) is 15.1. The van der Waals surface area contributed by atoms with Crippen LogP contribution in [-0.2, 0) is 11.3 Å². The van der Waals surface area contributed by atoms with Crippen molar-refractivity contribution < 1.29 is 14.3 Å². The molecule has 1 saturated heterocycles. The number of hydrogen-bond acceptors (Lipinski definition) is 4. The standard InChI is InChI=1S/C11H16N2O3/c1-12-4-5-13(10(8-12)11(14)15)7-9-3-2-6-16-9/h2-3,6,10H,4-5,7-8H2,1H3,(H,14,15). The lowest BCUT2D eigenvalue weighted by atomic mass is 10.1. The summed E-state index contributed by atoms with van der Waals surface area (Å²) in [7, 11) is 1.94. The van der Waals surface area contributed by atoms with Crippen molar-refractivity contribution in [2.45, 2.75) is 12.6 Å². The number of aliphatic carboxylic acids is 1. The molecule has 0 bridgehead atoms. The van der Waals surface area contributed by atoms with Gasteiger partial charge in [-0.25, -0.2) is 0 Å². The van der Waals surface area contributed by atoms with Crippen molar-refractivity contribution in [1.29, 1.82) is 0 Å². The summed E-state index contributed by atoms with van der Waals surface area (Å²) in [6, 6.07) is 3.25. The van der Waals surface area contributed by atoms with E-state index in [9.17, 15) is 4.79 Å². The highest BCUT2D eigenvalue weighted by molar-refractivity contribution is 5.73. The first-order chi connectivity index (χ1) is 7.66. The monoisotopic (exact) mass is 224 g/mol. The number of hydrogen-bond donors (Lipinski definition) is 1. The number of carboxylic acid groups (broad SMARTS) is 1. The van der Waals surface area contributed by atoms with Gasteiger partial charge in [-0.3, -0.25) is 9.69 Å². The quantitative estimate of drug-likeness (QED) is 0.809. The number of nitrogens with zero attached hydrogens (tertiary/aromatic N) is 2. The van der Waals surface area contributed by atoms with E-state index >= 15 is 0 Å².